The zero-order valence-electron chi connectivity index (χ0n) is 17.4. The number of ether oxygens (including phenoxy) is 1. The largest absolute Gasteiger partial charge is 0.491 e. The number of carbonyl (C=O) groups excluding carboxylic acids is 1. The first-order valence-corrected chi connectivity index (χ1v) is 10.8. The number of nitrogens with zero attached hydrogens (tertiary/aromatic N) is 4. The van der Waals surface area contributed by atoms with Crippen LogP contribution in [0.4, 0.5) is 11.5 Å². The molecule has 9 nitrogen and oxygen atoms in total. The third-order valence-electron chi connectivity index (χ3n) is 6.15. The predicted molar refractivity (Wildman–Crippen MR) is 122 cm³/mol. The molecule has 32 heavy (non-hydrogen) atoms. The number of carbonyl (C=O) groups is 1. The van der Waals surface area contributed by atoms with E-state index in [4.69, 9.17) is 21.2 Å². The van der Waals surface area contributed by atoms with Crippen LogP contribution in [0.3, 0.4) is 0 Å². The van der Waals surface area contributed by atoms with Gasteiger partial charge in [-0.3, -0.25) is 9.78 Å². The third-order valence-corrected chi connectivity index (χ3v) is 6.15. The molecule has 1 amide bonds. The van der Waals surface area contributed by atoms with Crippen molar-refractivity contribution in [2.24, 2.45) is 11.7 Å². The number of hydrogen-bond donors (Lipinski definition) is 3. The number of hydrogen-bond acceptors (Lipinski definition) is 7. The van der Waals surface area contributed by atoms with Gasteiger partial charge in [0, 0.05) is 36.3 Å². The smallest absolute Gasteiger partial charge is 0.217 e. The summed E-state index contributed by atoms with van der Waals surface area (Å²) in [6.45, 7) is 1.47. The van der Waals surface area contributed by atoms with Gasteiger partial charge in [0.25, 0.3) is 0 Å². The van der Waals surface area contributed by atoms with E-state index in [1.54, 1.807) is 6.20 Å². The van der Waals surface area contributed by atoms with Gasteiger partial charge in [0.1, 0.15) is 22.9 Å². The Morgan fingerprint density at radius 2 is 2.09 bits per heavy atom. The number of nitrogens with one attached hydrogen (secondary N) is 1. The van der Waals surface area contributed by atoms with Crippen LogP contribution in [0.1, 0.15) is 19.3 Å². The summed E-state index contributed by atoms with van der Waals surface area (Å²) in [7, 11) is 0. The van der Waals surface area contributed by atoms with Crippen molar-refractivity contribution in [3.05, 3.63) is 36.5 Å². The van der Waals surface area contributed by atoms with Gasteiger partial charge < -0.3 is 26.1 Å². The molecule has 1 aliphatic heterocycles. The van der Waals surface area contributed by atoms with Crippen LogP contribution in [0.5, 0.6) is 5.75 Å². The van der Waals surface area contributed by atoms with Gasteiger partial charge in [0.05, 0.1) is 29.4 Å². The summed E-state index contributed by atoms with van der Waals surface area (Å²) in [6.07, 6.45) is 3.82. The van der Waals surface area contributed by atoms with Gasteiger partial charge in [0.2, 0.25) is 5.91 Å². The molecule has 2 aromatic carbocycles. The number of amides is 1. The zero-order chi connectivity index (χ0) is 21.8. The SMILES string of the molecule is NC(=O)C[C@@H]1CC1Nc1cc2c3c(c1)nc(-c1ccc4nc(N)cnc4c1)n3CCCO2. The molecule has 4 aromatic rings. The van der Waals surface area contributed by atoms with Crippen LogP contribution < -0.4 is 21.5 Å². The number of nitrogen functional groups attached to an aromatic ring is 1. The van der Waals surface area contributed by atoms with E-state index in [0.29, 0.717) is 24.8 Å². The Bertz CT molecular complexity index is 1380. The minimum atomic E-state index is -0.254. The first-order chi connectivity index (χ1) is 15.5. The second-order valence-electron chi connectivity index (χ2n) is 8.55. The highest BCUT2D eigenvalue weighted by atomic mass is 16.5. The fourth-order valence-electron chi connectivity index (χ4n) is 4.55. The molecule has 3 heterocycles. The summed E-state index contributed by atoms with van der Waals surface area (Å²) >= 11 is 0. The summed E-state index contributed by atoms with van der Waals surface area (Å²) in [5, 5.41) is 3.51. The summed E-state index contributed by atoms with van der Waals surface area (Å²) in [5.41, 5.74) is 16.4. The molecule has 9 heteroatoms. The van der Waals surface area contributed by atoms with Crippen LogP contribution in [0.15, 0.2) is 36.5 Å². The summed E-state index contributed by atoms with van der Waals surface area (Å²) in [4.78, 5) is 24.9. The van der Waals surface area contributed by atoms with Crippen molar-refractivity contribution in [1.82, 2.24) is 19.5 Å². The normalized spacial score (nSPS) is 19.5. The molecule has 2 aromatic heterocycles. The maximum absolute atomic E-state index is 11.2. The minimum Gasteiger partial charge on any atom is -0.491 e. The molecule has 1 fully saturated rings. The summed E-state index contributed by atoms with van der Waals surface area (Å²) in [6, 6.07) is 10.3. The molecular weight excluding hydrogens is 406 g/mol. The van der Waals surface area contributed by atoms with E-state index < -0.39 is 0 Å². The standard InChI is InChI=1S/C23H23N7O2/c24-20-11-26-17-6-12(2-3-15(17)28-20)23-29-18-9-14(27-16-7-13(16)8-21(25)31)10-19-22(18)30(23)4-1-5-32-19/h2-3,6,9-11,13,16,27H,1,4-5,7-8H2,(H2,24,28)(H2,25,31)/t13-,16?/m0/s1. The maximum atomic E-state index is 11.2. The molecule has 162 valence electrons. The molecular formula is C23H23N7O2. The van der Waals surface area contributed by atoms with Gasteiger partial charge in [-0.2, -0.15) is 0 Å². The predicted octanol–water partition coefficient (Wildman–Crippen LogP) is 2.69. The van der Waals surface area contributed by atoms with E-state index in [1.165, 1.54) is 0 Å². The number of fused-ring (bicyclic) bond motifs is 1. The van der Waals surface area contributed by atoms with E-state index >= 15 is 0 Å². The van der Waals surface area contributed by atoms with Crippen molar-refractivity contribution in [3.63, 3.8) is 0 Å². The lowest BCUT2D eigenvalue weighted by Gasteiger charge is -2.10. The minimum absolute atomic E-state index is 0.254. The van der Waals surface area contributed by atoms with Crippen molar-refractivity contribution in [3.8, 4) is 17.1 Å². The molecule has 0 radical (unpaired) electrons. The molecule has 0 spiro atoms. The second-order valence-corrected chi connectivity index (χ2v) is 8.55. The Morgan fingerprint density at radius 1 is 1.19 bits per heavy atom. The van der Waals surface area contributed by atoms with Crippen molar-refractivity contribution in [2.75, 3.05) is 17.7 Å². The molecule has 0 bridgehead atoms. The lowest BCUT2D eigenvalue weighted by atomic mass is 10.2. The molecule has 2 atom stereocenters. The Morgan fingerprint density at radius 3 is 2.97 bits per heavy atom. The van der Waals surface area contributed by atoms with Crippen molar-refractivity contribution < 1.29 is 9.53 Å². The molecule has 2 aliphatic rings. The quantitative estimate of drug-likeness (QED) is 0.444. The fourth-order valence-corrected chi connectivity index (χ4v) is 4.55. The fraction of sp³-hybridized carbons (Fsp3) is 0.304. The van der Waals surface area contributed by atoms with Gasteiger partial charge in [-0.15, -0.1) is 0 Å². The highest BCUT2D eigenvalue weighted by Crippen LogP contribution is 2.40. The van der Waals surface area contributed by atoms with E-state index in [0.717, 1.165) is 64.3 Å². The number of primary amides is 1. The van der Waals surface area contributed by atoms with Crippen molar-refractivity contribution in [1.29, 1.82) is 0 Å². The van der Waals surface area contributed by atoms with Crippen LogP contribution in [0.25, 0.3) is 33.5 Å². The van der Waals surface area contributed by atoms with Crippen LogP contribution in [0, 0.1) is 5.92 Å². The lowest BCUT2D eigenvalue weighted by molar-refractivity contribution is -0.118. The van der Waals surface area contributed by atoms with Gasteiger partial charge in [-0.25, -0.2) is 9.97 Å². The van der Waals surface area contributed by atoms with E-state index in [2.05, 4.69) is 25.9 Å². The summed E-state index contributed by atoms with van der Waals surface area (Å²) < 4.78 is 8.30. The van der Waals surface area contributed by atoms with Crippen LogP contribution in [0.2, 0.25) is 0 Å². The zero-order valence-corrected chi connectivity index (χ0v) is 17.4. The van der Waals surface area contributed by atoms with E-state index in [9.17, 15) is 4.79 Å². The highest BCUT2D eigenvalue weighted by molar-refractivity contribution is 5.91. The average molecular weight is 429 g/mol. The van der Waals surface area contributed by atoms with Gasteiger partial charge in [-0.05, 0) is 43.0 Å². The van der Waals surface area contributed by atoms with Gasteiger partial charge in [-0.1, -0.05) is 0 Å². The third kappa shape index (κ3) is 3.26. The second kappa shape index (κ2) is 7.08. The first kappa shape index (κ1) is 18.9. The number of anilines is 2. The molecule has 1 aliphatic carbocycles. The monoisotopic (exact) mass is 429 g/mol. The Hall–Kier alpha value is -3.88. The Labute approximate surface area is 183 Å². The maximum Gasteiger partial charge on any atom is 0.217 e. The average Bonchev–Trinajstić information content (AvgIpc) is 3.42. The van der Waals surface area contributed by atoms with Crippen LogP contribution in [-0.4, -0.2) is 38.1 Å². The molecule has 0 saturated heterocycles. The van der Waals surface area contributed by atoms with Crippen LogP contribution in [-0.2, 0) is 11.3 Å². The Kier molecular flexibility index (Phi) is 4.17. The van der Waals surface area contributed by atoms with Gasteiger partial charge >= 0.3 is 0 Å². The first-order valence-electron chi connectivity index (χ1n) is 10.8. The number of benzene rings is 2. The molecule has 6 rings (SSSR count). The summed E-state index contributed by atoms with van der Waals surface area (Å²) in [5.74, 6) is 2.14. The molecule has 1 unspecified atom stereocenters. The number of rotatable bonds is 5. The van der Waals surface area contributed by atoms with Crippen LogP contribution >= 0.6 is 0 Å². The number of aromatic nitrogens is 4. The number of imidazole rings is 1. The number of aryl methyl sites for hydroxylation is 1. The van der Waals surface area contributed by atoms with Crippen molar-refractivity contribution in [2.45, 2.75) is 31.8 Å². The van der Waals surface area contributed by atoms with Gasteiger partial charge in [0.15, 0.2) is 0 Å². The number of nitrogens with two attached hydrogens (primary N) is 2. The highest BCUT2D eigenvalue weighted by Gasteiger charge is 2.38. The lowest BCUT2D eigenvalue weighted by Crippen LogP contribution is -2.14. The van der Waals surface area contributed by atoms with E-state index in [-0.39, 0.29) is 11.9 Å². The van der Waals surface area contributed by atoms with Crippen molar-refractivity contribution >= 4 is 39.5 Å². The Balaban J connectivity index is 1.41. The molecule has 5 N–H and O–H groups in total. The van der Waals surface area contributed by atoms with E-state index in [1.807, 2.05) is 24.3 Å². The molecule has 1 saturated carbocycles. The topological polar surface area (TPSA) is 134 Å².